The summed E-state index contributed by atoms with van der Waals surface area (Å²) in [7, 11) is -1.43. The van der Waals surface area contributed by atoms with Gasteiger partial charge in [0.15, 0.2) is 0 Å². The monoisotopic (exact) mass is 301 g/mol. The highest BCUT2D eigenvalue weighted by atomic mass is 32.2. The Balaban J connectivity index is 2.94. The van der Waals surface area contributed by atoms with Gasteiger partial charge in [-0.3, -0.25) is 4.79 Å². The van der Waals surface area contributed by atoms with Gasteiger partial charge in [0.25, 0.3) is 0 Å². The van der Waals surface area contributed by atoms with Crippen LogP contribution >= 0.6 is 11.8 Å². The second-order valence-electron chi connectivity index (χ2n) is 5.04. The van der Waals surface area contributed by atoms with Crippen LogP contribution in [0.5, 0.6) is 0 Å². The molecule has 1 aromatic rings. The molecule has 1 aromatic carbocycles. The summed E-state index contributed by atoms with van der Waals surface area (Å²) in [6.45, 7) is 5.39. The van der Waals surface area contributed by atoms with Gasteiger partial charge < -0.3 is 5.11 Å². The van der Waals surface area contributed by atoms with Crippen molar-refractivity contribution >= 4 is 28.7 Å². The van der Waals surface area contributed by atoms with Crippen LogP contribution in [-0.2, 0) is 15.8 Å². The van der Waals surface area contributed by atoms with Crippen molar-refractivity contribution in [3.8, 4) is 0 Å². The minimum absolute atomic E-state index is 0.507. The van der Waals surface area contributed by atoms with Crippen molar-refractivity contribution in [2.45, 2.75) is 36.5 Å². The highest BCUT2D eigenvalue weighted by Gasteiger charge is 2.27. The predicted molar refractivity (Wildman–Crippen MR) is 79.6 cm³/mol. The summed E-state index contributed by atoms with van der Waals surface area (Å²) in [6.07, 6.45) is 1.95. The van der Waals surface area contributed by atoms with Crippen LogP contribution in [0.2, 0.25) is 0 Å². The molecule has 2 N–H and O–H groups in total. The van der Waals surface area contributed by atoms with Crippen LogP contribution in [0.1, 0.15) is 32.4 Å². The Kier molecular flexibility index (Phi) is 5.58. The van der Waals surface area contributed by atoms with Crippen LogP contribution in [0.25, 0.3) is 0 Å². The Morgan fingerprint density at radius 1 is 1.32 bits per heavy atom. The molecular formula is C13H19NO3S2. The van der Waals surface area contributed by atoms with Gasteiger partial charge in [0, 0.05) is 4.90 Å². The third kappa shape index (κ3) is 4.63. The fourth-order valence-corrected chi connectivity index (χ4v) is 2.55. The maximum absolute atomic E-state index is 12.0. The summed E-state index contributed by atoms with van der Waals surface area (Å²) in [6, 6.07) is 6.25. The average molecular weight is 301 g/mol. The van der Waals surface area contributed by atoms with Crippen LogP contribution in [0.4, 0.5) is 0 Å². The van der Waals surface area contributed by atoms with Gasteiger partial charge in [-0.2, -0.15) is 0 Å². The Morgan fingerprint density at radius 2 is 1.84 bits per heavy atom. The van der Waals surface area contributed by atoms with E-state index in [0.29, 0.717) is 5.56 Å². The predicted octanol–water partition coefficient (Wildman–Crippen LogP) is 2.59. The molecule has 0 aliphatic rings. The third-order valence-corrected chi connectivity index (χ3v) is 4.78. The average Bonchev–Trinajstić information content (AvgIpc) is 2.34. The van der Waals surface area contributed by atoms with Gasteiger partial charge in [-0.05, 0) is 44.7 Å². The van der Waals surface area contributed by atoms with Crippen molar-refractivity contribution in [1.29, 1.82) is 0 Å². The molecule has 0 amide bonds. The number of carboxylic acids is 1. The summed E-state index contributed by atoms with van der Waals surface area (Å²) < 4.78 is 14.2. The number of carbonyl (C=O) groups is 1. The quantitative estimate of drug-likeness (QED) is 0.820. The molecule has 2 atom stereocenters. The highest BCUT2D eigenvalue weighted by molar-refractivity contribution is 7.98. The Morgan fingerprint density at radius 3 is 2.21 bits per heavy atom. The summed E-state index contributed by atoms with van der Waals surface area (Å²) in [5.41, 5.74) is 0.600. The van der Waals surface area contributed by atoms with Crippen molar-refractivity contribution in [3.05, 3.63) is 29.8 Å². The zero-order chi connectivity index (χ0) is 14.6. The van der Waals surface area contributed by atoms with Gasteiger partial charge in [0.2, 0.25) is 0 Å². The zero-order valence-corrected chi connectivity index (χ0v) is 13.1. The lowest BCUT2D eigenvalue weighted by Gasteiger charge is -2.22. The van der Waals surface area contributed by atoms with E-state index < -0.39 is 27.7 Å². The van der Waals surface area contributed by atoms with Crippen LogP contribution in [0.3, 0.4) is 0 Å². The van der Waals surface area contributed by atoms with Gasteiger partial charge in [-0.1, -0.05) is 12.1 Å². The molecule has 6 heteroatoms. The van der Waals surface area contributed by atoms with E-state index in [1.54, 1.807) is 44.7 Å². The molecule has 0 aliphatic carbocycles. The van der Waals surface area contributed by atoms with E-state index in [-0.39, 0.29) is 0 Å². The molecule has 0 aliphatic heterocycles. The maximum Gasteiger partial charge on any atom is 0.326 e. The fraction of sp³-hybridized carbons (Fsp3) is 0.462. The van der Waals surface area contributed by atoms with Gasteiger partial charge in [-0.25, -0.2) is 8.93 Å². The van der Waals surface area contributed by atoms with Crippen molar-refractivity contribution in [1.82, 2.24) is 4.72 Å². The molecule has 0 saturated heterocycles. The number of thioether (sulfide) groups is 1. The molecule has 106 valence electrons. The molecule has 0 saturated carbocycles. The summed E-state index contributed by atoms with van der Waals surface area (Å²) in [4.78, 5) is 12.4. The van der Waals surface area contributed by atoms with E-state index in [1.165, 1.54) is 0 Å². The molecule has 19 heavy (non-hydrogen) atoms. The number of aliphatic carboxylic acids is 1. The van der Waals surface area contributed by atoms with E-state index in [9.17, 15) is 14.1 Å². The van der Waals surface area contributed by atoms with E-state index in [2.05, 4.69) is 4.72 Å². The SMILES string of the molecule is CSc1ccc(C(NS(=O)C(C)(C)C)C(=O)O)cc1. The molecule has 0 bridgehead atoms. The van der Waals surface area contributed by atoms with E-state index in [0.717, 1.165) is 4.90 Å². The molecule has 0 spiro atoms. The first kappa shape index (κ1) is 16.2. The molecular weight excluding hydrogens is 282 g/mol. The first-order valence-corrected chi connectivity index (χ1v) is 8.18. The molecule has 1 rings (SSSR count). The minimum atomic E-state index is -1.43. The maximum atomic E-state index is 12.0. The second kappa shape index (κ2) is 6.54. The lowest BCUT2D eigenvalue weighted by molar-refractivity contribution is -0.139. The summed E-state index contributed by atoms with van der Waals surface area (Å²) in [5.74, 6) is -1.03. The molecule has 0 radical (unpaired) electrons. The molecule has 0 heterocycles. The van der Waals surface area contributed by atoms with Crippen molar-refractivity contribution in [3.63, 3.8) is 0 Å². The van der Waals surface area contributed by atoms with Gasteiger partial charge in [-0.15, -0.1) is 11.8 Å². The topological polar surface area (TPSA) is 66.4 Å². The zero-order valence-electron chi connectivity index (χ0n) is 11.5. The van der Waals surface area contributed by atoms with Crippen LogP contribution in [0.15, 0.2) is 29.2 Å². The van der Waals surface area contributed by atoms with Crippen LogP contribution < -0.4 is 4.72 Å². The van der Waals surface area contributed by atoms with Crippen LogP contribution in [0, 0.1) is 0 Å². The van der Waals surface area contributed by atoms with Gasteiger partial charge in [0.1, 0.15) is 6.04 Å². The summed E-state index contributed by atoms with van der Waals surface area (Å²) in [5, 5.41) is 9.27. The van der Waals surface area contributed by atoms with E-state index in [1.807, 2.05) is 18.4 Å². The standard InChI is InChI=1S/C13H19NO3S2/c1-13(2,3)19(17)14-11(12(15)16)9-5-7-10(18-4)8-6-9/h5-8,11,14H,1-4H3,(H,15,16). The van der Waals surface area contributed by atoms with E-state index in [4.69, 9.17) is 0 Å². The largest absolute Gasteiger partial charge is 0.480 e. The van der Waals surface area contributed by atoms with Gasteiger partial charge >= 0.3 is 5.97 Å². The number of nitrogens with one attached hydrogen (secondary N) is 1. The number of rotatable bonds is 5. The third-order valence-electron chi connectivity index (χ3n) is 2.48. The molecule has 2 unspecified atom stereocenters. The second-order valence-corrected chi connectivity index (χ2v) is 7.92. The van der Waals surface area contributed by atoms with Crippen molar-refractivity contribution in [2.24, 2.45) is 0 Å². The first-order chi connectivity index (χ1) is 8.75. The van der Waals surface area contributed by atoms with E-state index >= 15 is 0 Å². The Bertz CT molecular complexity index is 466. The molecule has 0 aromatic heterocycles. The molecule has 0 fully saturated rings. The number of carboxylic acid groups (broad SMARTS) is 1. The first-order valence-electron chi connectivity index (χ1n) is 5.80. The smallest absolute Gasteiger partial charge is 0.326 e. The minimum Gasteiger partial charge on any atom is -0.480 e. The normalized spacial score (nSPS) is 14.9. The number of benzene rings is 1. The molecule has 4 nitrogen and oxygen atoms in total. The lowest BCUT2D eigenvalue weighted by atomic mass is 10.1. The lowest BCUT2D eigenvalue weighted by Crippen LogP contribution is -2.38. The van der Waals surface area contributed by atoms with Gasteiger partial charge in [0.05, 0.1) is 15.7 Å². The highest BCUT2D eigenvalue weighted by Crippen LogP contribution is 2.21. The summed E-state index contributed by atoms with van der Waals surface area (Å²) >= 11 is 1.59. The Labute approximate surface area is 120 Å². The van der Waals surface area contributed by atoms with Crippen molar-refractivity contribution < 1.29 is 14.1 Å². The van der Waals surface area contributed by atoms with Crippen LogP contribution in [-0.4, -0.2) is 26.3 Å². The number of hydrogen-bond donors (Lipinski definition) is 2. The number of hydrogen-bond acceptors (Lipinski definition) is 3. The fourth-order valence-electron chi connectivity index (χ4n) is 1.34. The Hall–Kier alpha value is -0.850. The van der Waals surface area contributed by atoms with Crippen molar-refractivity contribution in [2.75, 3.05) is 6.26 Å².